The highest BCUT2D eigenvalue weighted by Crippen LogP contribution is 2.21. The molecule has 0 bridgehead atoms. The fourth-order valence-electron chi connectivity index (χ4n) is 1.65. The molecule has 0 spiro atoms. The van der Waals surface area contributed by atoms with E-state index in [1.165, 1.54) is 28.8 Å². The van der Waals surface area contributed by atoms with Gasteiger partial charge in [-0.1, -0.05) is 6.07 Å². The minimum absolute atomic E-state index is 0.325. The highest BCUT2D eigenvalue weighted by molar-refractivity contribution is 7.99. The number of thioether (sulfide) groups is 1. The molecule has 0 aliphatic heterocycles. The van der Waals surface area contributed by atoms with Gasteiger partial charge in [-0.25, -0.2) is 8.78 Å². The topological polar surface area (TPSA) is 12.0 Å². The molecule has 2 aromatic rings. The van der Waals surface area contributed by atoms with Crippen LogP contribution in [0.25, 0.3) is 0 Å². The number of benzene rings is 1. The average molecular weight is 299 g/mol. The smallest absolute Gasteiger partial charge is 0.159 e. The lowest BCUT2D eigenvalue weighted by atomic mass is 10.3. The second-order valence-corrected chi connectivity index (χ2v) is 6.26. The van der Waals surface area contributed by atoms with Crippen LogP contribution in [0.3, 0.4) is 0 Å². The van der Waals surface area contributed by atoms with Gasteiger partial charge in [0.1, 0.15) is 0 Å². The first kappa shape index (κ1) is 14.5. The Morgan fingerprint density at radius 3 is 2.79 bits per heavy atom. The van der Waals surface area contributed by atoms with E-state index < -0.39 is 11.6 Å². The van der Waals surface area contributed by atoms with Gasteiger partial charge in [-0.05, 0) is 36.6 Å². The monoisotopic (exact) mass is 299 g/mol. The largest absolute Gasteiger partial charge is 0.309 e. The summed E-state index contributed by atoms with van der Waals surface area (Å²) in [6, 6.07) is 8.47. The zero-order chi connectivity index (χ0) is 13.7. The van der Waals surface area contributed by atoms with Crippen molar-refractivity contribution in [3.05, 3.63) is 52.2 Å². The second-order valence-electron chi connectivity index (χ2n) is 4.12. The molecule has 0 fully saturated rings. The van der Waals surface area contributed by atoms with Crippen molar-refractivity contribution in [3.63, 3.8) is 0 Å². The molecule has 0 saturated carbocycles. The molecule has 0 aliphatic rings. The molecule has 1 unspecified atom stereocenters. The normalized spacial score (nSPS) is 12.6. The fourth-order valence-corrected chi connectivity index (χ4v) is 3.21. The first-order valence-electron chi connectivity index (χ1n) is 6.01. The molecule has 0 amide bonds. The Labute approximate surface area is 120 Å². The zero-order valence-electron chi connectivity index (χ0n) is 10.5. The van der Waals surface area contributed by atoms with E-state index in [9.17, 15) is 8.78 Å². The van der Waals surface area contributed by atoms with Crippen molar-refractivity contribution in [1.82, 2.24) is 5.32 Å². The number of halogens is 2. The average Bonchev–Trinajstić information content (AvgIpc) is 2.92. The van der Waals surface area contributed by atoms with Gasteiger partial charge in [0.25, 0.3) is 0 Å². The van der Waals surface area contributed by atoms with Gasteiger partial charge in [0.05, 0.1) is 0 Å². The van der Waals surface area contributed by atoms with Gasteiger partial charge >= 0.3 is 0 Å². The van der Waals surface area contributed by atoms with E-state index in [0.29, 0.717) is 6.04 Å². The molecular weight excluding hydrogens is 284 g/mol. The van der Waals surface area contributed by atoms with Gasteiger partial charge in [0.2, 0.25) is 0 Å². The highest BCUT2D eigenvalue weighted by Gasteiger charge is 2.06. The first-order chi connectivity index (χ1) is 9.16. The van der Waals surface area contributed by atoms with E-state index in [0.717, 1.165) is 17.2 Å². The second kappa shape index (κ2) is 7.03. The minimum Gasteiger partial charge on any atom is -0.309 e. The summed E-state index contributed by atoms with van der Waals surface area (Å²) < 4.78 is 25.8. The van der Waals surface area contributed by atoms with E-state index in [4.69, 9.17) is 0 Å². The maximum Gasteiger partial charge on any atom is 0.159 e. The molecule has 1 atom stereocenters. The molecule has 0 aliphatic carbocycles. The quantitative estimate of drug-likeness (QED) is 0.624. The van der Waals surface area contributed by atoms with Crippen LogP contribution < -0.4 is 5.32 Å². The molecule has 102 valence electrons. The maximum atomic E-state index is 13.0. The molecule has 1 N–H and O–H groups in total. The number of hydrogen-bond acceptors (Lipinski definition) is 3. The predicted octanol–water partition coefficient (Wildman–Crippen LogP) is 4.47. The third-order valence-corrected chi connectivity index (χ3v) is 4.73. The van der Waals surface area contributed by atoms with Gasteiger partial charge in [0.15, 0.2) is 11.6 Å². The van der Waals surface area contributed by atoms with Gasteiger partial charge in [-0.3, -0.25) is 0 Å². The molecule has 1 aromatic heterocycles. The Morgan fingerprint density at radius 1 is 1.26 bits per heavy atom. The lowest BCUT2D eigenvalue weighted by Crippen LogP contribution is -2.20. The van der Waals surface area contributed by atoms with Crippen molar-refractivity contribution in [2.75, 3.05) is 12.3 Å². The van der Waals surface area contributed by atoms with E-state index in [1.54, 1.807) is 17.4 Å². The summed E-state index contributed by atoms with van der Waals surface area (Å²) in [4.78, 5) is 2.06. The summed E-state index contributed by atoms with van der Waals surface area (Å²) in [5.74, 6) is -0.764. The van der Waals surface area contributed by atoms with Gasteiger partial charge in [-0.2, -0.15) is 0 Å². The van der Waals surface area contributed by atoms with Crippen LogP contribution in [0.1, 0.15) is 17.8 Å². The number of thiophene rings is 1. The summed E-state index contributed by atoms with van der Waals surface area (Å²) in [7, 11) is 0. The van der Waals surface area contributed by atoms with Crippen molar-refractivity contribution in [1.29, 1.82) is 0 Å². The van der Waals surface area contributed by atoms with Gasteiger partial charge in [-0.15, -0.1) is 23.1 Å². The summed E-state index contributed by atoms with van der Waals surface area (Å²) in [6.07, 6.45) is 0. The third kappa shape index (κ3) is 4.30. The first-order valence-corrected chi connectivity index (χ1v) is 7.88. The van der Waals surface area contributed by atoms with E-state index >= 15 is 0 Å². The molecule has 5 heteroatoms. The Morgan fingerprint density at radius 2 is 2.11 bits per heavy atom. The Balaban J connectivity index is 1.73. The van der Waals surface area contributed by atoms with Crippen LogP contribution in [-0.2, 0) is 0 Å². The van der Waals surface area contributed by atoms with Crippen LogP contribution in [0.5, 0.6) is 0 Å². The molecule has 1 aromatic carbocycles. The fraction of sp³-hybridized carbons (Fsp3) is 0.286. The lowest BCUT2D eigenvalue weighted by Gasteiger charge is -2.11. The van der Waals surface area contributed by atoms with Crippen molar-refractivity contribution in [3.8, 4) is 0 Å². The number of hydrogen-bond donors (Lipinski definition) is 1. The van der Waals surface area contributed by atoms with E-state index in [-0.39, 0.29) is 0 Å². The standard InChI is InChI=1S/C14H15F2NS2/c1-10(14-3-2-7-19-14)17-6-8-18-11-4-5-12(15)13(16)9-11/h2-5,7,9-10,17H,6,8H2,1H3. The minimum atomic E-state index is -0.797. The van der Waals surface area contributed by atoms with Crippen LogP contribution in [0.2, 0.25) is 0 Å². The molecule has 2 rings (SSSR count). The van der Waals surface area contributed by atoms with E-state index in [2.05, 4.69) is 23.7 Å². The SMILES string of the molecule is CC(NCCSc1ccc(F)c(F)c1)c1cccs1. The Bertz CT molecular complexity index is 514. The van der Waals surface area contributed by atoms with Crippen molar-refractivity contribution >= 4 is 23.1 Å². The molecule has 1 nitrogen and oxygen atoms in total. The number of nitrogens with one attached hydrogen (secondary N) is 1. The predicted molar refractivity (Wildman–Crippen MR) is 77.8 cm³/mol. The van der Waals surface area contributed by atoms with E-state index in [1.807, 2.05) is 6.07 Å². The van der Waals surface area contributed by atoms with Crippen LogP contribution >= 0.6 is 23.1 Å². The van der Waals surface area contributed by atoms with Gasteiger partial charge in [0, 0.05) is 28.1 Å². The number of rotatable bonds is 6. The summed E-state index contributed by atoms with van der Waals surface area (Å²) in [5.41, 5.74) is 0. The van der Waals surface area contributed by atoms with Crippen LogP contribution in [0.15, 0.2) is 40.6 Å². The third-order valence-electron chi connectivity index (χ3n) is 2.68. The Kier molecular flexibility index (Phi) is 5.36. The lowest BCUT2D eigenvalue weighted by molar-refractivity contribution is 0.506. The molecule has 0 saturated heterocycles. The molecule has 19 heavy (non-hydrogen) atoms. The van der Waals surface area contributed by atoms with Crippen LogP contribution in [-0.4, -0.2) is 12.3 Å². The summed E-state index contributed by atoms with van der Waals surface area (Å²) >= 11 is 3.25. The van der Waals surface area contributed by atoms with Crippen molar-refractivity contribution in [2.24, 2.45) is 0 Å². The van der Waals surface area contributed by atoms with Crippen molar-refractivity contribution < 1.29 is 8.78 Å². The van der Waals surface area contributed by atoms with Gasteiger partial charge < -0.3 is 5.32 Å². The van der Waals surface area contributed by atoms with Crippen LogP contribution in [0, 0.1) is 11.6 Å². The zero-order valence-corrected chi connectivity index (χ0v) is 12.2. The summed E-state index contributed by atoms with van der Waals surface area (Å²) in [5, 5.41) is 5.46. The van der Waals surface area contributed by atoms with Crippen molar-refractivity contribution in [2.45, 2.75) is 17.9 Å². The maximum absolute atomic E-state index is 13.0. The summed E-state index contributed by atoms with van der Waals surface area (Å²) in [6.45, 7) is 2.94. The molecular formula is C14H15F2NS2. The molecule has 0 radical (unpaired) electrons. The Hall–Kier alpha value is -0.910. The highest BCUT2D eigenvalue weighted by atomic mass is 32.2. The van der Waals surface area contributed by atoms with Crippen LogP contribution in [0.4, 0.5) is 8.78 Å². The molecule has 1 heterocycles.